The molecule has 29 heavy (non-hydrogen) atoms. The van der Waals surface area contributed by atoms with Crippen LogP contribution in [0.25, 0.3) is 0 Å². The number of nitrogens with zero attached hydrogens (tertiary/aromatic N) is 2. The maximum Gasteiger partial charge on any atom is 0.490 e. The van der Waals surface area contributed by atoms with Gasteiger partial charge in [-0.1, -0.05) is 0 Å². The molecule has 3 fully saturated rings. The number of rotatable bonds is 6. The van der Waals surface area contributed by atoms with E-state index in [4.69, 9.17) is 14.6 Å². The maximum atomic E-state index is 11.9. The number of likely N-dealkylation sites (tertiary alicyclic amines) is 1. The molecule has 0 unspecified atom stereocenters. The first-order valence-electron chi connectivity index (χ1n) is 9.07. The van der Waals surface area contributed by atoms with Gasteiger partial charge in [0, 0.05) is 43.0 Å². The van der Waals surface area contributed by atoms with Crippen molar-refractivity contribution in [1.82, 2.24) is 14.6 Å². The first kappa shape index (κ1) is 22.4. The van der Waals surface area contributed by atoms with Gasteiger partial charge >= 0.3 is 12.1 Å². The molecule has 8 nitrogen and oxygen atoms in total. The number of carboxylic acids is 1. The molecule has 1 saturated carbocycles. The lowest BCUT2D eigenvalue weighted by atomic mass is 9.93. The van der Waals surface area contributed by atoms with Gasteiger partial charge in [0.05, 0.1) is 24.5 Å². The molecule has 164 valence electrons. The molecule has 2 aliphatic heterocycles. The van der Waals surface area contributed by atoms with Crippen molar-refractivity contribution < 1.29 is 36.2 Å². The Hall–Kier alpha value is -1.28. The molecule has 0 aromatic carbocycles. The number of sulfonamides is 1. The molecular weight excluding hydrogens is 435 g/mol. The van der Waals surface area contributed by atoms with Crippen molar-refractivity contribution in [2.45, 2.75) is 36.9 Å². The molecule has 0 amide bonds. The molecule has 1 aromatic rings. The van der Waals surface area contributed by atoms with Gasteiger partial charge in [-0.05, 0) is 12.8 Å². The van der Waals surface area contributed by atoms with Crippen molar-refractivity contribution in [3.63, 3.8) is 0 Å². The zero-order valence-corrected chi connectivity index (χ0v) is 17.0. The van der Waals surface area contributed by atoms with Crippen LogP contribution in [0.2, 0.25) is 0 Å². The molecular formula is C16H22F3N3O5S2. The van der Waals surface area contributed by atoms with Crippen molar-refractivity contribution in [2.75, 3.05) is 26.2 Å². The summed E-state index contributed by atoms with van der Waals surface area (Å²) in [6.07, 6.45) is -1.38. The fraction of sp³-hybridized carbons (Fsp3) is 0.750. The normalized spacial score (nSPS) is 27.3. The Kier molecular flexibility index (Phi) is 6.83. The highest BCUT2D eigenvalue weighted by Crippen LogP contribution is 2.35. The van der Waals surface area contributed by atoms with Gasteiger partial charge in [-0.2, -0.15) is 13.2 Å². The lowest BCUT2D eigenvalue weighted by Crippen LogP contribution is -2.35. The number of fused-ring (bicyclic) bond motifs is 1. The van der Waals surface area contributed by atoms with Crippen LogP contribution in [-0.4, -0.2) is 73.1 Å². The van der Waals surface area contributed by atoms with Crippen LogP contribution < -0.4 is 4.72 Å². The van der Waals surface area contributed by atoms with Crippen molar-refractivity contribution in [3.05, 3.63) is 16.6 Å². The predicted octanol–water partition coefficient (Wildman–Crippen LogP) is 1.30. The summed E-state index contributed by atoms with van der Waals surface area (Å²) in [6.45, 7) is 3.96. The summed E-state index contributed by atoms with van der Waals surface area (Å²) in [7, 11) is -3.09. The largest absolute Gasteiger partial charge is 0.490 e. The first-order valence-corrected chi connectivity index (χ1v) is 11.5. The Bertz CT molecular complexity index is 799. The second kappa shape index (κ2) is 8.84. The number of thiazole rings is 1. The Labute approximate surface area is 170 Å². The highest BCUT2D eigenvalue weighted by Gasteiger charge is 2.45. The summed E-state index contributed by atoms with van der Waals surface area (Å²) in [6, 6.07) is 0. The van der Waals surface area contributed by atoms with E-state index < -0.39 is 22.2 Å². The van der Waals surface area contributed by atoms with Crippen LogP contribution in [-0.2, 0) is 26.1 Å². The standard InChI is InChI=1S/C14H21N3O3S2.C2HF3O2/c18-22(19,11-1-2-11)16-5-10-9-20-13-7-17(6-12(10)13)8-14-15-3-4-21-14;3-2(4,5)1(6)7/h3-4,10-13,16H,1-2,5-9H2;(H,6,7)/t10-,12+,13+;/m0./s1. The molecule has 13 heteroatoms. The molecule has 0 radical (unpaired) electrons. The zero-order valence-electron chi connectivity index (χ0n) is 15.3. The lowest BCUT2D eigenvalue weighted by molar-refractivity contribution is -0.192. The summed E-state index contributed by atoms with van der Waals surface area (Å²) in [5.41, 5.74) is 0. The van der Waals surface area contributed by atoms with Gasteiger partial charge < -0.3 is 9.84 Å². The predicted molar refractivity (Wildman–Crippen MR) is 97.7 cm³/mol. The third-order valence-corrected chi connectivity index (χ3v) is 7.79. The third kappa shape index (κ3) is 6.10. The molecule has 0 bridgehead atoms. The number of ether oxygens (including phenoxy) is 1. The van der Waals surface area contributed by atoms with Crippen LogP contribution in [0.1, 0.15) is 17.8 Å². The van der Waals surface area contributed by atoms with Crippen LogP contribution in [0.5, 0.6) is 0 Å². The summed E-state index contributed by atoms with van der Waals surface area (Å²) in [5.74, 6) is -2.03. The van der Waals surface area contributed by atoms with Crippen LogP contribution >= 0.6 is 11.3 Å². The van der Waals surface area contributed by atoms with E-state index in [1.54, 1.807) is 11.3 Å². The van der Waals surface area contributed by atoms with E-state index in [0.717, 1.165) is 37.5 Å². The van der Waals surface area contributed by atoms with E-state index in [9.17, 15) is 21.6 Å². The minimum absolute atomic E-state index is 0.143. The number of nitrogens with one attached hydrogen (secondary N) is 1. The van der Waals surface area contributed by atoms with E-state index in [0.29, 0.717) is 25.0 Å². The molecule has 0 spiro atoms. The molecule has 4 rings (SSSR count). The minimum atomic E-state index is -5.08. The molecule has 2 N–H and O–H groups in total. The summed E-state index contributed by atoms with van der Waals surface area (Å²) < 4.78 is 64.3. The van der Waals surface area contributed by atoms with E-state index >= 15 is 0 Å². The topological polar surface area (TPSA) is 109 Å². The van der Waals surface area contributed by atoms with Crippen LogP contribution in [0, 0.1) is 11.8 Å². The average molecular weight is 457 g/mol. The Balaban J connectivity index is 0.000000298. The molecule has 2 saturated heterocycles. The first-order chi connectivity index (χ1) is 13.6. The van der Waals surface area contributed by atoms with Gasteiger partial charge in [0.2, 0.25) is 10.0 Å². The zero-order chi connectivity index (χ0) is 21.2. The van der Waals surface area contributed by atoms with E-state index in [1.807, 2.05) is 11.6 Å². The summed E-state index contributed by atoms with van der Waals surface area (Å²) in [5, 5.41) is 10.1. The fourth-order valence-corrected chi connectivity index (χ4v) is 5.56. The van der Waals surface area contributed by atoms with E-state index in [1.165, 1.54) is 0 Å². The molecule has 3 heterocycles. The van der Waals surface area contributed by atoms with Crippen molar-refractivity contribution in [3.8, 4) is 0 Å². The highest BCUT2D eigenvalue weighted by molar-refractivity contribution is 7.90. The van der Waals surface area contributed by atoms with Crippen molar-refractivity contribution in [2.24, 2.45) is 11.8 Å². The van der Waals surface area contributed by atoms with Crippen LogP contribution in [0.3, 0.4) is 0 Å². The Morgan fingerprint density at radius 3 is 2.62 bits per heavy atom. The second-order valence-electron chi connectivity index (χ2n) is 7.31. The lowest BCUT2D eigenvalue weighted by Gasteiger charge is -2.19. The van der Waals surface area contributed by atoms with Crippen LogP contribution in [0.15, 0.2) is 11.6 Å². The summed E-state index contributed by atoms with van der Waals surface area (Å²) in [4.78, 5) is 15.6. The number of carbonyl (C=O) groups is 1. The number of carboxylic acid groups (broad SMARTS) is 1. The average Bonchev–Trinajstić information content (AvgIpc) is 3.06. The quantitative estimate of drug-likeness (QED) is 0.663. The van der Waals surface area contributed by atoms with Crippen molar-refractivity contribution in [1.29, 1.82) is 0 Å². The SMILES string of the molecule is O=C(O)C(F)(F)F.O=S(=O)(NC[C@H]1CO[C@@H]2CN(Cc3nccs3)C[C@H]12)C1CC1. The van der Waals surface area contributed by atoms with E-state index in [-0.39, 0.29) is 11.4 Å². The maximum absolute atomic E-state index is 11.9. The van der Waals surface area contributed by atoms with Gasteiger partial charge in [-0.3, -0.25) is 4.90 Å². The van der Waals surface area contributed by atoms with E-state index in [2.05, 4.69) is 14.6 Å². The number of aromatic nitrogens is 1. The Morgan fingerprint density at radius 2 is 2.07 bits per heavy atom. The molecule has 3 aliphatic rings. The number of halogens is 3. The molecule has 1 aromatic heterocycles. The summed E-state index contributed by atoms with van der Waals surface area (Å²) >= 11 is 1.68. The second-order valence-corrected chi connectivity index (χ2v) is 10.3. The molecule has 3 atom stereocenters. The highest BCUT2D eigenvalue weighted by atomic mass is 32.2. The number of aliphatic carboxylic acids is 1. The number of hydrogen-bond donors (Lipinski definition) is 2. The third-order valence-electron chi connectivity index (χ3n) is 5.11. The van der Waals surface area contributed by atoms with Gasteiger partial charge in [-0.15, -0.1) is 11.3 Å². The number of hydrogen-bond acceptors (Lipinski definition) is 7. The van der Waals surface area contributed by atoms with Gasteiger partial charge in [0.25, 0.3) is 0 Å². The minimum Gasteiger partial charge on any atom is -0.475 e. The van der Waals surface area contributed by atoms with Gasteiger partial charge in [0.15, 0.2) is 0 Å². The molecule has 1 aliphatic carbocycles. The van der Waals surface area contributed by atoms with Crippen molar-refractivity contribution >= 4 is 27.3 Å². The van der Waals surface area contributed by atoms with Gasteiger partial charge in [-0.25, -0.2) is 22.9 Å². The smallest absolute Gasteiger partial charge is 0.475 e. The van der Waals surface area contributed by atoms with Gasteiger partial charge in [0.1, 0.15) is 5.01 Å². The fourth-order valence-electron chi connectivity index (χ4n) is 3.46. The monoisotopic (exact) mass is 457 g/mol. The number of alkyl halides is 3. The Morgan fingerprint density at radius 1 is 1.38 bits per heavy atom. The van der Waals surface area contributed by atoms with Crippen LogP contribution in [0.4, 0.5) is 13.2 Å².